The van der Waals surface area contributed by atoms with Crippen LogP contribution in [-0.4, -0.2) is 55.5 Å². The Balaban J connectivity index is 2.37. The third kappa shape index (κ3) is 3.51. The first kappa shape index (κ1) is 13.0. The summed E-state index contributed by atoms with van der Waals surface area (Å²) >= 11 is 0. The molecule has 0 radical (unpaired) electrons. The van der Waals surface area contributed by atoms with Gasteiger partial charge in [0.25, 0.3) is 0 Å². The van der Waals surface area contributed by atoms with E-state index in [0.717, 1.165) is 26.1 Å². The van der Waals surface area contributed by atoms with Gasteiger partial charge in [-0.2, -0.15) is 0 Å². The van der Waals surface area contributed by atoms with Crippen LogP contribution in [-0.2, 0) is 4.79 Å². The summed E-state index contributed by atoms with van der Waals surface area (Å²) in [6.07, 6.45) is 6.61. The fourth-order valence-corrected chi connectivity index (χ4v) is 2.15. The average molecular weight is 223 g/mol. The molecule has 90 valence electrons. The van der Waals surface area contributed by atoms with E-state index in [1.807, 2.05) is 0 Å². The molecule has 0 aliphatic carbocycles. The van der Waals surface area contributed by atoms with Gasteiger partial charge in [-0.15, -0.1) is 12.3 Å². The highest BCUT2D eigenvalue weighted by atomic mass is 16.2. The van der Waals surface area contributed by atoms with E-state index in [-0.39, 0.29) is 5.91 Å². The average Bonchev–Trinajstić information content (AvgIpc) is 2.63. The molecule has 2 unspecified atom stereocenters. The number of hydrogen-bond acceptors (Lipinski definition) is 3. The quantitative estimate of drug-likeness (QED) is 0.669. The Morgan fingerprint density at radius 2 is 2.44 bits per heavy atom. The van der Waals surface area contributed by atoms with E-state index in [1.54, 1.807) is 11.9 Å². The minimum absolute atomic E-state index is 0.0486. The normalized spacial score (nSPS) is 22.8. The number of terminal acetylenes is 1. The Kier molecular flexibility index (Phi) is 4.78. The second-order valence-electron chi connectivity index (χ2n) is 4.65. The summed E-state index contributed by atoms with van der Waals surface area (Å²) in [6.45, 7) is 2.95. The lowest BCUT2D eigenvalue weighted by Gasteiger charge is -2.23. The van der Waals surface area contributed by atoms with Gasteiger partial charge in [0.15, 0.2) is 0 Å². The van der Waals surface area contributed by atoms with Crippen molar-refractivity contribution in [2.24, 2.45) is 11.7 Å². The molecular formula is C12H21N3O. The molecule has 0 bridgehead atoms. The molecule has 1 aliphatic rings. The molecule has 2 N–H and O–H groups in total. The maximum Gasteiger partial charge on any atom is 0.240 e. The van der Waals surface area contributed by atoms with Crippen LogP contribution >= 0.6 is 0 Å². The van der Waals surface area contributed by atoms with Crippen LogP contribution < -0.4 is 5.73 Å². The molecule has 0 aromatic heterocycles. The summed E-state index contributed by atoms with van der Waals surface area (Å²) in [4.78, 5) is 15.8. The molecule has 0 aromatic carbocycles. The van der Waals surface area contributed by atoms with Crippen molar-refractivity contribution >= 4 is 5.91 Å². The Morgan fingerprint density at radius 1 is 1.75 bits per heavy atom. The van der Waals surface area contributed by atoms with Crippen molar-refractivity contribution in [1.82, 2.24) is 9.80 Å². The highest BCUT2D eigenvalue weighted by Gasteiger charge is 2.24. The van der Waals surface area contributed by atoms with Gasteiger partial charge in [-0.1, -0.05) is 0 Å². The third-order valence-electron chi connectivity index (χ3n) is 3.05. The third-order valence-corrected chi connectivity index (χ3v) is 3.05. The van der Waals surface area contributed by atoms with Gasteiger partial charge in [-0.05, 0) is 25.9 Å². The largest absolute Gasteiger partial charge is 0.344 e. The number of carbonyl (C=O) groups excluding carboxylic acids is 1. The molecule has 1 saturated heterocycles. The van der Waals surface area contributed by atoms with E-state index in [2.05, 4.69) is 17.9 Å². The van der Waals surface area contributed by atoms with E-state index < -0.39 is 6.04 Å². The zero-order valence-corrected chi connectivity index (χ0v) is 10.1. The van der Waals surface area contributed by atoms with Crippen LogP contribution in [0.15, 0.2) is 0 Å². The van der Waals surface area contributed by atoms with Crippen molar-refractivity contribution in [2.75, 3.05) is 33.7 Å². The molecule has 4 nitrogen and oxygen atoms in total. The Labute approximate surface area is 97.8 Å². The lowest BCUT2D eigenvalue weighted by atomic mass is 10.1. The van der Waals surface area contributed by atoms with Gasteiger partial charge in [-0.25, -0.2) is 0 Å². The van der Waals surface area contributed by atoms with E-state index in [4.69, 9.17) is 12.2 Å². The molecule has 4 heteroatoms. The summed E-state index contributed by atoms with van der Waals surface area (Å²) in [6, 6.07) is -0.547. The van der Waals surface area contributed by atoms with Crippen molar-refractivity contribution in [3.8, 4) is 12.3 Å². The lowest BCUT2D eigenvalue weighted by Crippen LogP contribution is -2.43. The first-order valence-electron chi connectivity index (χ1n) is 5.67. The predicted molar refractivity (Wildman–Crippen MR) is 64.7 cm³/mol. The van der Waals surface area contributed by atoms with Gasteiger partial charge in [-0.3, -0.25) is 4.79 Å². The molecule has 2 atom stereocenters. The van der Waals surface area contributed by atoms with Crippen LogP contribution in [0.1, 0.15) is 12.8 Å². The first-order chi connectivity index (χ1) is 7.54. The van der Waals surface area contributed by atoms with E-state index in [9.17, 15) is 4.79 Å². The van der Waals surface area contributed by atoms with Crippen molar-refractivity contribution in [2.45, 2.75) is 18.9 Å². The van der Waals surface area contributed by atoms with Crippen LogP contribution in [0.25, 0.3) is 0 Å². The maximum absolute atomic E-state index is 11.8. The number of nitrogens with zero attached hydrogens (tertiary/aromatic N) is 2. The van der Waals surface area contributed by atoms with Crippen LogP contribution in [0, 0.1) is 18.3 Å². The van der Waals surface area contributed by atoms with Crippen LogP contribution in [0.2, 0.25) is 0 Å². The molecule has 1 amide bonds. The first-order valence-corrected chi connectivity index (χ1v) is 5.67. The van der Waals surface area contributed by atoms with E-state index in [1.165, 1.54) is 0 Å². The van der Waals surface area contributed by atoms with Gasteiger partial charge in [0.1, 0.15) is 0 Å². The number of hydrogen-bond donors (Lipinski definition) is 1. The Hall–Kier alpha value is -1.05. The van der Waals surface area contributed by atoms with Gasteiger partial charge >= 0.3 is 0 Å². The van der Waals surface area contributed by atoms with Crippen molar-refractivity contribution in [1.29, 1.82) is 0 Å². The Morgan fingerprint density at radius 3 is 2.94 bits per heavy atom. The van der Waals surface area contributed by atoms with Crippen LogP contribution in [0.3, 0.4) is 0 Å². The summed E-state index contributed by atoms with van der Waals surface area (Å²) in [5.74, 6) is 2.94. The van der Waals surface area contributed by atoms with E-state index >= 15 is 0 Å². The van der Waals surface area contributed by atoms with Crippen molar-refractivity contribution in [3.63, 3.8) is 0 Å². The number of nitrogens with two attached hydrogens (primary N) is 1. The molecular weight excluding hydrogens is 202 g/mol. The molecule has 1 heterocycles. The second-order valence-corrected chi connectivity index (χ2v) is 4.65. The van der Waals surface area contributed by atoms with Gasteiger partial charge in [0, 0.05) is 26.6 Å². The second kappa shape index (κ2) is 5.88. The molecule has 0 saturated carbocycles. The van der Waals surface area contributed by atoms with Gasteiger partial charge < -0.3 is 15.5 Å². The minimum atomic E-state index is -0.547. The van der Waals surface area contributed by atoms with E-state index in [0.29, 0.717) is 12.3 Å². The van der Waals surface area contributed by atoms with Crippen LogP contribution in [0.5, 0.6) is 0 Å². The number of rotatable bonds is 4. The minimum Gasteiger partial charge on any atom is -0.344 e. The number of likely N-dealkylation sites (N-methyl/N-ethyl adjacent to an activating group) is 1. The Bertz CT molecular complexity index is 284. The molecule has 1 fully saturated rings. The molecule has 1 aliphatic heterocycles. The predicted octanol–water partition coefficient (Wildman–Crippen LogP) is -0.253. The lowest BCUT2D eigenvalue weighted by molar-refractivity contribution is -0.131. The van der Waals surface area contributed by atoms with Gasteiger partial charge in [0.05, 0.1) is 6.04 Å². The SMILES string of the molecule is C#CCC(N)C(=O)N(C)CC1CCN(C)C1. The summed E-state index contributed by atoms with van der Waals surface area (Å²) < 4.78 is 0. The topological polar surface area (TPSA) is 49.6 Å². The van der Waals surface area contributed by atoms with Crippen LogP contribution in [0.4, 0.5) is 0 Å². The van der Waals surface area contributed by atoms with Crippen molar-refractivity contribution in [3.05, 3.63) is 0 Å². The van der Waals surface area contributed by atoms with Crippen molar-refractivity contribution < 1.29 is 4.79 Å². The maximum atomic E-state index is 11.8. The standard InChI is InChI=1S/C12H21N3O/c1-4-5-11(13)12(16)15(3)9-10-6-7-14(2)8-10/h1,10-11H,5-9,13H2,2-3H3. The molecule has 0 spiro atoms. The monoisotopic (exact) mass is 223 g/mol. The number of amides is 1. The highest BCUT2D eigenvalue weighted by molar-refractivity contribution is 5.81. The number of carbonyl (C=O) groups is 1. The summed E-state index contributed by atoms with van der Waals surface area (Å²) in [5, 5.41) is 0. The molecule has 1 rings (SSSR count). The zero-order valence-electron chi connectivity index (χ0n) is 10.1. The highest BCUT2D eigenvalue weighted by Crippen LogP contribution is 2.15. The molecule has 0 aromatic rings. The number of likely N-dealkylation sites (tertiary alicyclic amines) is 1. The fourth-order valence-electron chi connectivity index (χ4n) is 2.15. The summed E-state index contributed by atoms with van der Waals surface area (Å²) in [5.41, 5.74) is 5.69. The zero-order chi connectivity index (χ0) is 12.1. The van der Waals surface area contributed by atoms with Gasteiger partial charge in [0.2, 0.25) is 5.91 Å². The molecule has 16 heavy (non-hydrogen) atoms. The summed E-state index contributed by atoms with van der Waals surface area (Å²) in [7, 11) is 3.91. The smallest absolute Gasteiger partial charge is 0.240 e. The fraction of sp³-hybridized carbons (Fsp3) is 0.750.